The first-order valence-corrected chi connectivity index (χ1v) is 5.30. The third-order valence-electron chi connectivity index (χ3n) is 3.36. The minimum atomic E-state index is 0.247. The second-order valence-corrected chi connectivity index (χ2v) is 4.86. The van der Waals surface area contributed by atoms with Gasteiger partial charge in [0.2, 0.25) is 0 Å². The molecule has 0 bridgehead atoms. The molecule has 84 valence electrons. The SMILES string of the molecule is COCC(C)NC1CC(OC)C1(C)C. The highest BCUT2D eigenvalue weighted by atomic mass is 16.5. The van der Waals surface area contributed by atoms with Gasteiger partial charge in [-0.05, 0) is 13.3 Å². The summed E-state index contributed by atoms with van der Waals surface area (Å²) in [6, 6.07) is 0.972. The fourth-order valence-corrected chi connectivity index (χ4v) is 2.21. The molecule has 0 aromatic heterocycles. The normalized spacial score (nSPS) is 32.4. The van der Waals surface area contributed by atoms with Gasteiger partial charge in [-0.2, -0.15) is 0 Å². The van der Waals surface area contributed by atoms with Crippen LogP contribution < -0.4 is 5.32 Å². The topological polar surface area (TPSA) is 30.5 Å². The Morgan fingerprint density at radius 3 is 2.50 bits per heavy atom. The lowest BCUT2D eigenvalue weighted by molar-refractivity contribution is -0.101. The molecule has 0 aromatic carbocycles. The third-order valence-corrected chi connectivity index (χ3v) is 3.36. The Balaban J connectivity index is 2.35. The summed E-state index contributed by atoms with van der Waals surface area (Å²) in [5.41, 5.74) is 0.247. The fraction of sp³-hybridized carbons (Fsp3) is 1.00. The molecule has 1 rings (SSSR count). The maximum absolute atomic E-state index is 5.40. The quantitative estimate of drug-likeness (QED) is 0.730. The molecule has 0 spiro atoms. The summed E-state index contributed by atoms with van der Waals surface area (Å²) in [4.78, 5) is 0. The van der Waals surface area contributed by atoms with Gasteiger partial charge in [0.15, 0.2) is 0 Å². The molecule has 0 aromatic rings. The summed E-state index contributed by atoms with van der Waals surface area (Å²) in [7, 11) is 3.53. The second kappa shape index (κ2) is 4.60. The van der Waals surface area contributed by atoms with Crippen LogP contribution >= 0.6 is 0 Å². The van der Waals surface area contributed by atoms with E-state index in [4.69, 9.17) is 9.47 Å². The Labute approximate surface area is 87.2 Å². The summed E-state index contributed by atoms with van der Waals surface area (Å²) < 4.78 is 10.5. The molecule has 14 heavy (non-hydrogen) atoms. The molecule has 0 aliphatic heterocycles. The van der Waals surface area contributed by atoms with Crippen LogP contribution in [0.3, 0.4) is 0 Å². The van der Waals surface area contributed by atoms with Crippen molar-refractivity contribution in [2.45, 2.75) is 45.4 Å². The molecule has 3 nitrogen and oxygen atoms in total. The highest BCUT2D eigenvalue weighted by molar-refractivity contribution is 5.03. The van der Waals surface area contributed by atoms with E-state index in [9.17, 15) is 0 Å². The number of nitrogens with one attached hydrogen (secondary N) is 1. The molecular weight excluding hydrogens is 178 g/mol. The van der Waals surface area contributed by atoms with Crippen LogP contribution in [0.25, 0.3) is 0 Å². The van der Waals surface area contributed by atoms with Crippen LogP contribution in [0, 0.1) is 5.41 Å². The van der Waals surface area contributed by atoms with E-state index < -0.39 is 0 Å². The van der Waals surface area contributed by atoms with Gasteiger partial charge in [0.1, 0.15) is 0 Å². The van der Waals surface area contributed by atoms with E-state index in [2.05, 4.69) is 26.1 Å². The molecule has 0 heterocycles. The second-order valence-electron chi connectivity index (χ2n) is 4.86. The first kappa shape index (κ1) is 12.0. The van der Waals surface area contributed by atoms with Gasteiger partial charge in [-0.15, -0.1) is 0 Å². The van der Waals surface area contributed by atoms with Gasteiger partial charge < -0.3 is 14.8 Å². The Morgan fingerprint density at radius 1 is 1.43 bits per heavy atom. The summed E-state index contributed by atoms with van der Waals surface area (Å²) in [5, 5.41) is 3.57. The predicted octanol–water partition coefficient (Wildman–Crippen LogP) is 1.42. The lowest BCUT2D eigenvalue weighted by atomic mass is 9.64. The van der Waals surface area contributed by atoms with E-state index in [1.165, 1.54) is 0 Å². The van der Waals surface area contributed by atoms with E-state index >= 15 is 0 Å². The number of hydrogen-bond donors (Lipinski definition) is 1. The molecule has 1 saturated carbocycles. The van der Waals surface area contributed by atoms with Crippen LogP contribution in [0.1, 0.15) is 27.2 Å². The molecule has 0 saturated heterocycles. The zero-order valence-electron chi connectivity index (χ0n) is 9.96. The first-order chi connectivity index (χ1) is 6.52. The first-order valence-electron chi connectivity index (χ1n) is 5.30. The van der Waals surface area contributed by atoms with Crippen molar-refractivity contribution in [3.63, 3.8) is 0 Å². The van der Waals surface area contributed by atoms with E-state index in [0.29, 0.717) is 18.2 Å². The van der Waals surface area contributed by atoms with Crippen molar-refractivity contribution >= 4 is 0 Å². The summed E-state index contributed by atoms with van der Waals surface area (Å²) in [6.07, 6.45) is 1.51. The van der Waals surface area contributed by atoms with Crippen LogP contribution in [-0.2, 0) is 9.47 Å². The Kier molecular flexibility index (Phi) is 3.93. The Hall–Kier alpha value is -0.120. The van der Waals surface area contributed by atoms with E-state index in [1.807, 2.05) is 0 Å². The standard InChI is InChI=1S/C11H23NO2/c1-8(7-13-4)12-9-6-10(14-5)11(9,2)3/h8-10,12H,6-7H2,1-5H3. The van der Waals surface area contributed by atoms with Crippen molar-refractivity contribution in [3.05, 3.63) is 0 Å². The molecule has 1 N–H and O–H groups in total. The van der Waals surface area contributed by atoms with Crippen LogP contribution in [0.5, 0.6) is 0 Å². The van der Waals surface area contributed by atoms with Gasteiger partial charge >= 0.3 is 0 Å². The molecule has 1 aliphatic carbocycles. The molecule has 1 aliphatic rings. The van der Waals surface area contributed by atoms with Crippen molar-refractivity contribution in [3.8, 4) is 0 Å². The zero-order valence-corrected chi connectivity index (χ0v) is 9.96. The molecule has 0 amide bonds. The van der Waals surface area contributed by atoms with Gasteiger partial charge in [-0.25, -0.2) is 0 Å². The molecule has 3 unspecified atom stereocenters. The van der Waals surface area contributed by atoms with Crippen molar-refractivity contribution in [1.29, 1.82) is 0 Å². The van der Waals surface area contributed by atoms with Crippen molar-refractivity contribution in [1.82, 2.24) is 5.32 Å². The number of methoxy groups -OCH3 is 2. The maximum atomic E-state index is 5.40. The van der Waals surface area contributed by atoms with Crippen molar-refractivity contribution in [2.75, 3.05) is 20.8 Å². The zero-order chi connectivity index (χ0) is 10.8. The van der Waals surface area contributed by atoms with Gasteiger partial charge in [-0.3, -0.25) is 0 Å². The highest BCUT2D eigenvalue weighted by Crippen LogP contribution is 2.42. The van der Waals surface area contributed by atoms with E-state index in [0.717, 1.165) is 13.0 Å². The van der Waals surface area contributed by atoms with Crippen LogP contribution in [0.2, 0.25) is 0 Å². The highest BCUT2D eigenvalue weighted by Gasteiger charge is 2.48. The molecule has 1 fully saturated rings. The average Bonchev–Trinajstić information content (AvgIpc) is 2.12. The largest absolute Gasteiger partial charge is 0.383 e. The van der Waals surface area contributed by atoms with Gasteiger partial charge in [0, 0.05) is 31.7 Å². The van der Waals surface area contributed by atoms with E-state index in [1.54, 1.807) is 14.2 Å². The van der Waals surface area contributed by atoms with Gasteiger partial charge in [-0.1, -0.05) is 13.8 Å². The summed E-state index contributed by atoms with van der Waals surface area (Å²) >= 11 is 0. The molecule has 3 atom stereocenters. The number of ether oxygens (including phenoxy) is 2. The van der Waals surface area contributed by atoms with Gasteiger partial charge in [0.05, 0.1) is 12.7 Å². The third kappa shape index (κ3) is 2.27. The van der Waals surface area contributed by atoms with E-state index in [-0.39, 0.29) is 5.41 Å². The van der Waals surface area contributed by atoms with Gasteiger partial charge in [0.25, 0.3) is 0 Å². The Bertz CT molecular complexity index is 182. The lowest BCUT2D eigenvalue weighted by Crippen LogP contribution is -2.62. The summed E-state index contributed by atoms with van der Waals surface area (Å²) in [6.45, 7) is 7.42. The van der Waals surface area contributed by atoms with Crippen LogP contribution in [-0.4, -0.2) is 39.0 Å². The molecular formula is C11H23NO2. The fourth-order valence-electron chi connectivity index (χ4n) is 2.21. The minimum Gasteiger partial charge on any atom is -0.383 e. The predicted molar refractivity (Wildman–Crippen MR) is 57.5 cm³/mol. The van der Waals surface area contributed by atoms with Crippen molar-refractivity contribution < 1.29 is 9.47 Å². The smallest absolute Gasteiger partial charge is 0.0652 e. The Morgan fingerprint density at radius 2 is 2.07 bits per heavy atom. The lowest BCUT2D eigenvalue weighted by Gasteiger charge is -2.52. The monoisotopic (exact) mass is 201 g/mol. The number of hydrogen-bond acceptors (Lipinski definition) is 3. The average molecular weight is 201 g/mol. The maximum Gasteiger partial charge on any atom is 0.0652 e. The summed E-state index contributed by atoms with van der Waals surface area (Å²) in [5.74, 6) is 0. The molecule has 0 radical (unpaired) electrons. The minimum absolute atomic E-state index is 0.247. The van der Waals surface area contributed by atoms with Crippen molar-refractivity contribution in [2.24, 2.45) is 5.41 Å². The molecule has 3 heteroatoms. The number of rotatable bonds is 5. The van der Waals surface area contributed by atoms with Crippen LogP contribution in [0.15, 0.2) is 0 Å². The van der Waals surface area contributed by atoms with Crippen LogP contribution in [0.4, 0.5) is 0 Å².